The topological polar surface area (TPSA) is 99.3 Å². The summed E-state index contributed by atoms with van der Waals surface area (Å²) >= 11 is 0. The van der Waals surface area contributed by atoms with Crippen LogP contribution in [-0.2, 0) is 10.0 Å². The number of nitrogens with one attached hydrogen (secondary N) is 3. The highest BCUT2D eigenvalue weighted by Crippen LogP contribution is 2.32. The van der Waals surface area contributed by atoms with Crippen molar-refractivity contribution in [2.45, 2.75) is 49.5 Å². The van der Waals surface area contributed by atoms with E-state index in [1.165, 1.54) is 12.8 Å². The molecule has 6 rings (SSSR count). The number of hydrogen-bond acceptors (Lipinski definition) is 7. The zero-order chi connectivity index (χ0) is 27.7. The van der Waals surface area contributed by atoms with Crippen LogP contribution in [0.25, 0.3) is 21.7 Å². The molecule has 9 heteroatoms. The minimum atomic E-state index is -3.62. The average Bonchev–Trinajstić information content (AvgIpc) is 3.79. The maximum Gasteiger partial charge on any atom is 0.241 e. The Labute approximate surface area is 236 Å². The van der Waals surface area contributed by atoms with E-state index in [0.29, 0.717) is 35.3 Å². The normalized spacial score (nSPS) is 19.6. The van der Waals surface area contributed by atoms with Crippen molar-refractivity contribution in [3.8, 4) is 0 Å². The van der Waals surface area contributed by atoms with Crippen molar-refractivity contribution >= 4 is 49.2 Å². The summed E-state index contributed by atoms with van der Waals surface area (Å²) in [6.07, 6.45) is 6.51. The Morgan fingerprint density at radius 1 is 0.775 bits per heavy atom. The maximum absolute atomic E-state index is 13.3. The van der Waals surface area contributed by atoms with Gasteiger partial charge in [-0.3, -0.25) is 0 Å². The molecule has 0 atom stereocenters. The lowest BCUT2D eigenvalue weighted by atomic mass is 9.82. The number of para-hydroxylation sites is 1. The highest BCUT2D eigenvalue weighted by molar-refractivity contribution is 7.89. The Kier molecular flexibility index (Phi) is 7.51. The van der Waals surface area contributed by atoms with Crippen LogP contribution in [0.4, 0.5) is 17.5 Å². The summed E-state index contributed by atoms with van der Waals surface area (Å²) < 4.78 is 29.6. The van der Waals surface area contributed by atoms with E-state index in [-0.39, 0.29) is 0 Å². The lowest BCUT2D eigenvalue weighted by Crippen LogP contribution is -2.32. The van der Waals surface area contributed by atoms with Gasteiger partial charge in [-0.15, -0.1) is 0 Å². The van der Waals surface area contributed by atoms with Crippen molar-refractivity contribution in [3.05, 3.63) is 60.7 Å². The van der Waals surface area contributed by atoms with Gasteiger partial charge >= 0.3 is 0 Å². The van der Waals surface area contributed by atoms with Crippen molar-refractivity contribution in [1.29, 1.82) is 0 Å². The van der Waals surface area contributed by atoms with Crippen molar-refractivity contribution in [1.82, 2.24) is 14.7 Å². The quantitative estimate of drug-likeness (QED) is 0.232. The Balaban J connectivity index is 1.04. The molecular formula is C31H38N6O2S. The van der Waals surface area contributed by atoms with Crippen molar-refractivity contribution < 1.29 is 8.42 Å². The van der Waals surface area contributed by atoms with E-state index in [0.717, 1.165) is 65.4 Å². The van der Waals surface area contributed by atoms with Gasteiger partial charge in [0, 0.05) is 55.1 Å². The number of rotatable bonds is 10. The Morgan fingerprint density at radius 2 is 1.45 bits per heavy atom. The summed E-state index contributed by atoms with van der Waals surface area (Å²) in [6, 6.07) is 20.0. The summed E-state index contributed by atoms with van der Waals surface area (Å²) in [6.45, 7) is 1.29. The molecule has 0 saturated heterocycles. The monoisotopic (exact) mass is 558 g/mol. The zero-order valence-corrected chi connectivity index (χ0v) is 24.0. The summed E-state index contributed by atoms with van der Waals surface area (Å²) in [4.78, 5) is 11.9. The van der Waals surface area contributed by atoms with Crippen molar-refractivity contribution in [3.63, 3.8) is 0 Å². The molecule has 0 aliphatic heterocycles. The first-order valence-corrected chi connectivity index (χ1v) is 15.8. The van der Waals surface area contributed by atoms with Gasteiger partial charge in [-0.25, -0.2) is 18.1 Å². The molecular weight excluding hydrogens is 520 g/mol. The van der Waals surface area contributed by atoms with Crippen LogP contribution < -0.4 is 20.3 Å². The van der Waals surface area contributed by atoms with Crippen molar-refractivity contribution in [2.75, 3.05) is 42.7 Å². The minimum absolute atomic E-state index is 0.338. The third kappa shape index (κ3) is 5.86. The first kappa shape index (κ1) is 26.8. The minimum Gasteiger partial charge on any atom is -0.377 e. The molecule has 0 radical (unpaired) electrons. The molecule has 0 spiro atoms. The largest absolute Gasteiger partial charge is 0.377 e. The molecule has 2 saturated carbocycles. The summed E-state index contributed by atoms with van der Waals surface area (Å²) in [5, 5.41) is 9.79. The molecule has 1 heterocycles. The fourth-order valence-corrected chi connectivity index (χ4v) is 7.09. The summed E-state index contributed by atoms with van der Waals surface area (Å²) in [7, 11) is 0.323. The number of hydrogen-bond donors (Lipinski definition) is 3. The molecule has 2 fully saturated rings. The SMILES string of the molecule is CN(C)c1cccc2c(S(=O)(=O)NC[C@H]3CC[C@H](CNc4nc(NC5CC5)c5ccccc5n4)CC3)cccc12. The molecule has 0 unspecified atom stereocenters. The average molecular weight is 559 g/mol. The third-order valence-electron chi connectivity index (χ3n) is 8.23. The molecule has 210 valence electrons. The predicted molar refractivity (Wildman–Crippen MR) is 164 cm³/mol. The van der Waals surface area contributed by atoms with Gasteiger partial charge in [0.2, 0.25) is 16.0 Å². The van der Waals surface area contributed by atoms with Crippen LogP contribution in [0.15, 0.2) is 65.6 Å². The fraction of sp³-hybridized carbons (Fsp3) is 0.419. The standard InChI is InChI=1S/C31H38N6O2S/c1-37(2)28-11-5-9-25-24(28)8-6-12-29(25)40(38,39)33-20-22-15-13-21(14-16-22)19-32-31-35-27-10-4-3-7-26(27)30(36-31)34-23-17-18-23/h3-12,21-23,33H,13-20H2,1-2H3,(H2,32,34,35,36)/t21-,22-. The van der Waals surface area contributed by atoms with Gasteiger partial charge < -0.3 is 15.5 Å². The van der Waals surface area contributed by atoms with Crippen LogP contribution in [0.2, 0.25) is 0 Å². The van der Waals surface area contributed by atoms with E-state index < -0.39 is 10.0 Å². The van der Waals surface area contributed by atoms with Crippen LogP contribution >= 0.6 is 0 Å². The van der Waals surface area contributed by atoms with Crippen LogP contribution in [0.5, 0.6) is 0 Å². The van der Waals surface area contributed by atoms with E-state index >= 15 is 0 Å². The van der Waals surface area contributed by atoms with Crippen LogP contribution in [0.3, 0.4) is 0 Å². The number of sulfonamides is 1. The molecule has 8 nitrogen and oxygen atoms in total. The Bertz CT molecular complexity index is 1610. The Morgan fingerprint density at radius 3 is 2.20 bits per heavy atom. The second-order valence-corrected chi connectivity index (χ2v) is 13.2. The molecule has 2 aliphatic carbocycles. The van der Waals surface area contributed by atoms with E-state index in [4.69, 9.17) is 9.97 Å². The third-order valence-corrected chi connectivity index (χ3v) is 9.71. The molecule has 3 N–H and O–H groups in total. The van der Waals surface area contributed by atoms with Gasteiger partial charge in [0.25, 0.3) is 0 Å². The van der Waals surface area contributed by atoms with Gasteiger partial charge in [0.1, 0.15) is 5.82 Å². The van der Waals surface area contributed by atoms with Crippen LogP contribution in [-0.4, -0.2) is 51.6 Å². The predicted octanol–water partition coefficient (Wildman–Crippen LogP) is 5.62. The smallest absolute Gasteiger partial charge is 0.241 e. The van der Waals surface area contributed by atoms with Crippen LogP contribution in [0, 0.1) is 11.8 Å². The molecule has 40 heavy (non-hydrogen) atoms. The van der Waals surface area contributed by atoms with Gasteiger partial charge in [-0.1, -0.05) is 36.4 Å². The van der Waals surface area contributed by atoms with E-state index in [1.807, 2.05) is 67.5 Å². The van der Waals surface area contributed by atoms with E-state index in [9.17, 15) is 8.42 Å². The number of anilines is 3. The Hall–Kier alpha value is -3.43. The molecule has 2 aliphatic rings. The summed E-state index contributed by atoms with van der Waals surface area (Å²) in [5.41, 5.74) is 1.95. The highest BCUT2D eigenvalue weighted by Gasteiger charge is 2.25. The molecule has 3 aromatic carbocycles. The molecule has 1 aromatic heterocycles. The van der Waals surface area contributed by atoms with E-state index in [2.05, 4.69) is 21.4 Å². The van der Waals surface area contributed by atoms with Gasteiger partial charge in [-0.2, -0.15) is 4.98 Å². The molecule has 4 aromatic rings. The molecule has 0 amide bonds. The number of nitrogens with zero attached hydrogens (tertiary/aromatic N) is 3. The first-order valence-electron chi connectivity index (χ1n) is 14.3. The second kappa shape index (κ2) is 11.2. The zero-order valence-electron chi connectivity index (χ0n) is 23.2. The molecule has 0 bridgehead atoms. The van der Waals surface area contributed by atoms with Crippen molar-refractivity contribution in [2.24, 2.45) is 11.8 Å². The highest BCUT2D eigenvalue weighted by atomic mass is 32.2. The first-order chi connectivity index (χ1) is 19.4. The lowest BCUT2D eigenvalue weighted by molar-refractivity contribution is 0.284. The van der Waals surface area contributed by atoms with Gasteiger partial charge in [0.15, 0.2) is 0 Å². The number of fused-ring (bicyclic) bond motifs is 2. The fourth-order valence-electron chi connectivity index (χ4n) is 5.76. The van der Waals surface area contributed by atoms with Gasteiger partial charge in [0.05, 0.1) is 10.4 Å². The lowest BCUT2D eigenvalue weighted by Gasteiger charge is -2.28. The number of aromatic nitrogens is 2. The summed E-state index contributed by atoms with van der Waals surface area (Å²) in [5.74, 6) is 2.44. The van der Waals surface area contributed by atoms with Crippen LogP contribution in [0.1, 0.15) is 38.5 Å². The maximum atomic E-state index is 13.3. The second-order valence-electron chi connectivity index (χ2n) is 11.5. The van der Waals surface area contributed by atoms with Gasteiger partial charge in [-0.05, 0) is 74.6 Å². The number of benzene rings is 3. The van der Waals surface area contributed by atoms with E-state index in [1.54, 1.807) is 6.07 Å².